The minimum absolute atomic E-state index is 0.929. The maximum atomic E-state index is 5.12. The van der Waals surface area contributed by atoms with Gasteiger partial charge in [-0.25, -0.2) is 0 Å². The molecule has 0 bridgehead atoms. The molecule has 0 unspecified atom stereocenters. The lowest BCUT2D eigenvalue weighted by Crippen LogP contribution is -2.45. The lowest BCUT2D eigenvalue weighted by Gasteiger charge is -2.33. The van der Waals surface area contributed by atoms with Crippen LogP contribution in [0.3, 0.4) is 0 Å². The van der Waals surface area contributed by atoms with Gasteiger partial charge in [-0.05, 0) is 7.05 Å². The monoisotopic (exact) mass is 189 g/mol. The van der Waals surface area contributed by atoms with E-state index in [0.29, 0.717) is 0 Å². The van der Waals surface area contributed by atoms with Crippen LogP contribution in [-0.2, 0) is 0 Å². The Kier molecular flexibility index (Phi) is 3.62. The van der Waals surface area contributed by atoms with Gasteiger partial charge in [0.25, 0.3) is 0 Å². The van der Waals surface area contributed by atoms with Crippen molar-refractivity contribution in [3.8, 4) is 0 Å². The Hall–Kier alpha value is 0.200. The fourth-order valence-corrected chi connectivity index (χ4v) is 1.63. The number of piperazine rings is 1. The van der Waals surface area contributed by atoms with Gasteiger partial charge in [-0.1, -0.05) is 24.0 Å². The highest BCUT2D eigenvalue weighted by atomic mass is 32.2. The molecule has 0 aliphatic carbocycles. The van der Waals surface area contributed by atoms with Gasteiger partial charge in [0, 0.05) is 32.4 Å². The molecule has 0 saturated carbocycles. The molecule has 0 aromatic rings. The van der Waals surface area contributed by atoms with E-state index in [1.165, 1.54) is 11.8 Å². The first-order valence-electron chi connectivity index (χ1n) is 3.63. The lowest BCUT2D eigenvalue weighted by atomic mass is 10.4. The van der Waals surface area contributed by atoms with Crippen molar-refractivity contribution < 1.29 is 0 Å². The third kappa shape index (κ3) is 2.61. The van der Waals surface area contributed by atoms with E-state index < -0.39 is 0 Å². The summed E-state index contributed by atoms with van der Waals surface area (Å²) >= 11 is 6.54. The van der Waals surface area contributed by atoms with Gasteiger partial charge < -0.3 is 9.80 Å². The molecule has 0 spiro atoms. The van der Waals surface area contributed by atoms with Crippen LogP contribution in [0.4, 0.5) is 0 Å². The zero-order valence-corrected chi connectivity index (χ0v) is 8.38. The van der Waals surface area contributed by atoms with Gasteiger partial charge in [-0.3, -0.25) is 0 Å². The molecule has 1 radical (unpaired) electrons. The molecular weight excluding hydrogens is 176 g/mol. The van der Waals surface area contributed by atoms with Crippen molar-refractivity contribution >= 4 is 28.3 Å². The molecule has 1 aliphatic rings. The van der Waals surface area contributed by atoms with Gasteiger partial charge >= 0.3 is 0 Å². The van der Waals surface area contributed by atoms with Crippen molar-refractivity contribution in [3.05, 3.63) is 6.26 Å². The van der Waals surface area contributed by atoms with Gasteiger partial charge in [0.2, 0.25) is 0 Å². The van der Waals surface area contributed by atoms with E-state index in [-0.39, 0.29) is 0 Å². The van der Waals surface area contributed by atoms with Crippen LogP contribution >= 0.6 is 24.0 Å². The van der Waals surface area contributed by atoms with E-state index in [0.717, 1.165) is 30.5 Å². The molecule has 11 heavy (non-hydrogen) atoms. The second-order valence-corrected chi connectivity index (χ2v) is 4.02. The second-order valence-electron chi connectivity index (χ2n) is 2.70. The molecule has 0 atom stereocenters. The molecule has 0 aromatic carbocycles. The van der Waals surface area contributed by atoms with Crippen LogP contribution in [0.15, 0.2) is 0 Å². The third-order valence-corrected chi connectivity index (χ3v) is 3.00. The normalized spacial score (nSPS) is 20.4. The fourth-order valence-electron chi connectivity index (χ4n) is 1.08. The zero-order chi connectivity index (χ0) is 8.27. The maximum absolute atomic E-state index is 5.12. The van der Waals surface area contributed by atoms with Crippen molar-refractivity contribution in [2.75, 3.05) is 33.2 Å². The van der Waals surface area contributed by atoms with Crippen LogP contribution in [0.5, 0.6) is 0 Å². The van der Waals surface area contributed by atoms with Crippen LogP contribution < -0.4 is 0 Å². The summed E-state index contributed by atoms with van der Waals surface area (Å²) in [5, 5.41) is 0. The second kappa shape index (κ2) is 4.28. The summed E-state index contributed by atoms with van der Waals surface area (Å²) in [6, 6.07) is 0. The molecule has 4 heteroatoms. The van der Waals surface area contributed by atoms with Crippen LogP contribution in [-0.4, -0.2) is 47.3 Å². The Labute approximate surface area is 77.9 Å². The van der Waals surface area contributed by atoms with Crippen molar-refractivity contribution in [3.63, 3.8) is 0 Å². The number of thioether (sulfide) groups is 1. The van der Waals surface area contributed by atoms with E-state index in [2.05, 4.69) is 23.1 Å². The first-order valence-corrected chi connectivity index (χ1v) is 5.03. The Morgan fingerprint density at radius 2 is 1.91 bits per heavy atom. The zero-order valence-electron chi connectivity index (χ0n) is 6.75. The molecule has 1 aliphatic heterocycles. The molecule has 1 fully saturated rings. The van der Waals surface area contributed by atoms with Crippen molar-refractivity contribution in [1.82, 2.24) is 9.80 Å². The van der Waals surface area contributed by atoms with Gasteiger partial charge in [-0.15, -0.1) is 0 Å². The predicted molar refractivity (Wildman–Crippen MR) is 54.6 cm³/mol. The molecule has 0 N–H and O–H groups in total. The van der Waals surface area contributed by atoms with E-state index in [1.807, 2.05) is 0 Å². The minimum Gasteiger partial charge on any atom is -0.355 e. The van der Waals surface area contributed by atoms with E-state index in [9.17, 15) is 0 Å². The molecular formula is C7H13N2S2. The first-order chi connectivity index (χ1) is 5.24. The van der Waals surface area contributed by atoms with Gasteiger partial charge in [0.1, 0.15) is 4.32 Å². The summed E-state index contributed by atoms with van der Waals surface area (Å²) in [5.41, 5.74) is 0. The van der Waals surface area contributed by atoms with Gasteiger partial charge in [0.05, 0.1) is 0 Å². The van der Waals surface area contributed by atoms with Crippen molar-refractivity contribution in [2.24, 2.45) is 0 Å². The highest BCUT2D eigenvalue weighted by Crippen LogP contribution is 2.09. The van der Waals surface area contributed by atoms with Crippen LogP contribution in [0.25, 0.3) is 0 Å². The average Bonchev–Trinajstić information content (AvgIpc) is 2.05. The predicted octanol–water partition coefficient (Wildman–Crippen LogP) is 1.04. The summed E-state index contributed by atoms with van der Waals surface area (Å²) in [6.07, 6.45) is 3.70. The smallest absolute Gasteiger partial charge is 0.136 e. The van der Waals surface area contributed by atoms with E-state index in [4.69, 9.17) is 12.2 Å². The summed E-state index contributed by atoms with van der Waals surface area (Å²) in [7, 11) is 2.14. The van der Waals surface area contributed by atoms with Crippen LogP contribution in [0.2, 0.25) is 0 Å². The van der Waals surface area contributed by atoms with Crippen molar-refractivity contribution in [1.29, 1.82) is 0 Å². The van der Waals surface area contributed by atoms with E-state index >= 15 is 0 Å². The van der Waals surface area contributed by atoms with Crippen LogP contribution in [0, 0.1) is 6.26 Å². The first kappa shape index (κ1) is 9.29. The Bertz CT molecular complexity index is 141. The number of hydrogen-bond donors (Lipinski definition) is 0. The lowest BCUT2D eigenvalue weighted by molar-refractivity contribution is 0.220. The molecule has 1 heterocycles. The van der Waals surface area contributed by atoms with Crippen LogP contribution in [0.1, 0.15) is 0 Å². The van der Waals surface area contributed by atoms with Gasteiger partial charge in [0.15, 0.2) is 0 Å². The minimum atomic E-state index is 0.929. The fraction of sp³-hybridized carbons (Fsp3) is 0.714. The maximum Gasteiger partial charge on any atom is 0.136 e. The van der Waals surface area contributed by atoms with E-state index in [1.54, 1.807) is 0 Å². The number of rotatable bonds is 0. The van der Waals surface area contributed by atoms with Gasteiger partial charge in [-0.2, -0.15) is 0 Å². The highest BCUT2D eigenvalue weighted by Gasteiger charge is 2.14. The largest absolute Gasteiger partial charge is 0.355 e. The molecule has 63 valence electrons. The molecule has 2 nitrogen and oxygen atoms in total. The summed E-state index contributed by atoms with van der Waals surface area (Å²) in [5.74, 6) is 0. The Balaban J connectivity index is 2.33. The molecule has 1 saturated heterocycles. The summed E-state index contributed by atoms with van der Waals surface area (Å²) in [4.78, 5) is 4.53. The SMILES string of the molecule is [CH2]SC(=S)N1CCN(C)CC1. The average molecular weight is 189 g/mol. The highest BCUT2D eigenvalue weighted by molar-refractivity contribution is 8.23. The topological polar surface area (TPSA) is 6.48 Å². The molecule has 0 amide bonds. The number of thiocarbonyl (C=S) groups is 1. The number of nitrogens with zero attached hydrogens (tertiary/aromatic N) is 2. The Morgan fingerprint density at radius 1 is 1.36 bits per heavy atom. The molecule has 1 rings (SSSR count). The standard InChI is InChI=1S/C7H13N2S2/c1-8-3-5-9(6-4-8)7(10)11-2/h2-6H2,1H3. The van der Waals surface area contributed by atoms with Crippen molar-refractivity contribution in [2.45, 2.75) is 0 Å². The summed E-state index contributed by atoms with van der Waals surface area (Å²) in [6.45, 7) is 4.33. The third-order valence-electron chi connectivity index (χ3n) is 1.88. The number of hydrogen-bond acceptors (Lipinski definition) is 3. The summed E-state index contributed by atoms with van der Waals surface area (Å²) < 4.78 is 0.929. The quantitative estimate of drug-likeness (QED) is 0.525. The number of likely N-dealkylation sites (N-methyl/N-ethyl adjacent to an activating group) is 1. The Morgan fingerprint density at radius 3 is 2.36 bits per heavy atom. The molecule has 0 aromatic heterocycles.